The van der Waals surface area contributed by atoms with Gasteiger partial charge in [0.2, 0.25) is 5.91 Å². The van der Waals surface area contributed by atoms with E-state index < -0.39 is 11.6 Å². The Morgan fingerprint density at radius 3 is 2.48 bits per heavy atom. The first-order valence-electron chi connectivity index (χ1n) is 10.1. The number of benzene rings is 1. The Hall–Kier alpha value is -2.45. The minimum absolute atomic E-state index is 0.00691. The molecule has 0 spiro atoms. The summed E-state index contributed by atoms with van der Waals surface area (Å²) in [6.45, 7) is 8.57. The summed E-state index contributed by atoms with van der Waals surface area (Å²) in [7, 11) is 0. The zero-order chi connectivity index (χ0) is 21.0. The standard InChI is InChI=1S/C21H30N4O4/c1-4-21(3)19(27)25(20(28)23-21)14-18(26)22-13-17(24-9-11-29-12-10-24)16-7-5-15(2)6-8-16/h5-8,17H,4,9-14H2,1-3H3,(H,22,26)(H,23,28)/t17-,21-/m0/s1. The van der Waals surface area contributed by atoms with E-state index in [1.54, 1.807) is 6.92 Å². The molecule has 8 nitrogen and oxygen atoms in total. The van der Waals surface area contributed by atoms with Gasteiger partial charge in [0, 0.05) is 19.6 Å². The van der Waals surface area contributed by atoms with Crippen LogP contribution in [0.25, 0.3) is 0 Å². The number of rotatable bonds is 7. The molecule has 2 saturated heterocycles. The van der Waals surface area contributed by atoms with Crippen LogP contribution in [0.4, 0.5) is 4.79 Å². The first-order valence-corrected chi connectivity index (χ1v) is 10.1. The highest BCUT2D eigenvalue weighted by Crippen LogP contribution is 2.23. The third kappa shape index (κ3) is 4.76. The van der Waals surface area contributed by atoms with Crippen molar-refractivity contribution in [3.05, 3.63) is 35.4 Å². The minimum atomic E-state index is -0.935. The molecule has 0 radical (unpaired) electrons. The molecule has 2 aliphatic heterocycles. The van der Waals surface area contributed by atoms with Gasteiger partial charge in [0.25, 0.3) is 5.91 Å². The summed E-state index contributed by atoms with van der Waals surface area (Å²) < 4.78 is 5.46. The number of ether oxygens (including phenoxy) is 1. The second-order valence-corrected chi connectivity index (χ2v) is 7.89. The van der Waals surface area contributed by atoms with Crippen molar-refractivity contribution in [2.75, 3.05) is 39.4 Å². The number of hydrogen-bond donors (Lipinski definition) is 2. The van der Waals surface area contributed by atoms with E-state index >= 15 is 0 Å². The van der Waals surface area contributed by atoms with Crippen molar-refractivity contribution < 1.29 is 19.1 Å². The Bertz CT molecular complexity index is 760. The van der Waals surface area contributed by atoms with E-state index in [4.69, 9.17) is 4.74 Å². The van der Waals surface area contributed by atoms with Gasteiger partial charge < -0.3 is 15.4 Å². The van der Waals surface area contributed by atoms with E-state index in [9.17, 15) is 14.4 Å². The quantitative estimate of drug-likeness (QED) is 0.669. The third-order valence-electron chi connectivity index (χ3n) is 5.80. The Kier molecular flexibility index (Phi) is 6.54. The average molecular weight is 402 g/mol. The number of amides is 4. The fraction of sp³-hybridized carbons (Fsp3) is 0.571. The van der Waals surface area contributed by atoms with Gasteiger partial charge >= 0.3 is 6.03 Å². The van der Waals surface area contributed by atoms with Crippen molar-refractivity contribution in [1.29, 1.82) is 0 Å². The SMILES string of the molecule is CC[C@]1(C)NC(=O)N(CC(=O)NC[C@@H](c2ccc(C)cc2)N2CCOCC2)C1=O. The molecule has 2 aliphatic rings. The molecule has 8 heteroatoms. The van der Waals surface area contributed by atoms with E-state index in [1.807, 2.05) is 13.8 Å². The largest absolute Gasteiger partial charge is 0.379 e. The number of carbonyl (C=O) groups excluding carboxylic acids is 3. The molecule has 0 unspecified atom stereocenters. The summed E-state index contributed by atoms with van der Waals surface area (Å²) in [6.07, 6.45) is 0.474. The van der Waals surface area contributed by atoms with Crippen LogP contribution in [-0.2, 0) is 14.3 Å². The molecule has 4 amide bonds. The molecule has 2 atom stereocenters. The van der Waals surface area contributed by atoms with Gasteiger partial charge in [-0.05, 0) is 25.8 Å². The van der Waals surface area contributed by atoms with Crippen molar-refractivity contribution >= 4 is 17.8 Å². The Labute approximate surface area is 171 Å². The molecular formula is C21H30N4O4. The summed E-state index contributed by atoms with van der Waals surface area (Å²) in [5.41, 5.74) is 1.36. The van der Waals surface area contributed by atoms with E-state index in [0.717, 1.165) is 23.6 Å². The predicted molar refractivity (Wildman–Crippen MR) is 108 cm³/mol. The highest BCUT2D eigenvalue weighted by atomic mass is 16.5. The monoisotopic (exact) mass is 402 g/mol. The number of carbonyl (C=O) groups is 3. The van der Waals surface area contributed by atoms with Gasteiger partial charge in [-0.3, -0.25) is 19.4 Å². The molecule has 0 saturated carbocycles. The maximum absolute atomic E-state index is 12.5. The lowest BCUT2D eigenvalue weighted by atomic mass is 9.99. The van der Waals surface area contributed by atoms with Crippen molar-refractivity contribution in [2.24, 2.45) is 0 Å². The number of aryl methyl sites for hydroxylation is 1. The number of urea groups is 1. The van der Waals surface area contributed by atoms with Gasteiger partial charge in [0.1, 0.15) is 12.1 Å². The van der Waals surface area contributed by atoms with Crippen molar-refractivity contribution in [2.45, 2.75) is 38.8 Å². The summed E-state index contributed by atoms with van der Waals surface area (Å²) in [5, 5.41) is 5.58. The van der Waals surface area contributed by atoms with Crippen LogP contribution in [0, 0.1) is 6.92 Å². The highest BCUT2D eigenvalue weighted by Gasteiger charge is 2.47. The van der Waals surface area contributed by atoms with Gasteiger partial charge in [0.15, 0.2) is 0 Å². The van der Waals surface area contributed by atoms with Crippen LogP contribution in [0.5, 0.6) is 0 Å². The van der Waals surface area contributed by atoms with E-state index in [1.165, 1.54) is 5.56 Å². The fourth-order valence-corrected chi connectivity index (χ4v) is 3.68. The van der Waals surface area contributed by atoms with E-state index in [-0.39, 0.29) is 24.4 Å². The number of imide groups is 1. The number of nitrogens with zero attached hydrogens (tertiary/aromatic N) is 2. The molecule has 2 heterocycles. The fourth-order valence-electron chi connectivity index (χ4n) is 3.68. The maximum Gasteiger partial charge on any atom is 0.325 e. The second kappa shape index (κ2) is 8.92. The van der Waals surface area contributed by atoms with Crippen molar-refractivity contribution in [3.63, 3.8) is 0 Å². The van der Waals surface area contributed by atoms with Crippen LogP contribution in [-0.4, -0.2) is 72.6 Å². The lowest BCUT2D eigenvalue weighted by Gasteiger charge is -2.35. The molecule has 29 heavy (non-hydrogen) atoms. The minimum Gasteiger partial charge on any atom is -0.379 e. The topological polar surface area (TPSA) is 91.0 Å². The molecule has 0 bridgehead atoms. The molecule has 3 rings (SSSR count). The molecule has 1 aromatic rings. The number of nitrogens with one attached hydrogen (secondary N) is 2. The Morgan fingerprint density at radius 1 is 1.24 bits per heavy atom. The molecular weight excluding hydrogens is 372 g/mol. The summed E-state index contributed by atoms with van der Waals surface area (Å²) in [6, 6.07) is 7.76. The lowest BCUT2D eigenvalue weighted by Crippen LogP contribution is -2.47. The van der Waals surface area contributed by atoms with Crippen LogP contribution < -0.4 is 10.6 Å². The van der Waals surface area contributed by atoms with Crippen molar-refractivity contribution in [3.8, 4) is 0 Å². The van der Waals surface area contributed by atoms with Gasteiger partial charge in [-0.2, -0.15) is 0 Å². The van der Waals surface area contributed by atoms with Crippen LogP contribution in [0.3, 0.4) is 0 Å². The summed E-state index contributed by atoms with van der Waals surface area (Å²) >= 11 is 0. The van der Waals surface area contributed by atoms with Crippen LogP contribution in [0.15, 0.2) is 24.3 Å². The zero-order valence-corrected chi connectivity index (χ0v) is 17.4. The van der Waals surface area contributed by atoms with Crippen LogP contribution in [0.2, 0.25) is 0 Å². The third-order valence-corrected chi connectivity index (χ3v) is 5.80. The van der Waals surface area contributed by atoms with Gasteiger partial charge in [-0.25, -0.2) is 4.79 Å². The Morgan fingerprint density at radius 2 is 1.90 bits per heavy atom. The van der Waals surface area contributed by atoms with Crippen LogP contribution in [0.1, 0.15) is 37.4 Å². The molecule has 0 aromatic heterocycles. The van der Waals surface area contributed by atoms with Gasteiger partial charge in [-0.15, -0.1) is 0 Å². The maximum atomic E-state index is 12.5. The smallest absolute Gasteiger partial charge is 0.325 e. The molecule has 158 valence electrons. The normalized spacial score (nSPS) is 23.8. The second-order valence-electron chi connectivity index (χ2n) is 7.89. The molecule has 0 aliphatic carbocycles. The molecule has 1 aromatic carbocycles. The number of morpholine rings is 1. The average Bonchev–Trinajstić information content (AvgIpc) is 2.94. The Balaban J connectivity index is 1.64. The summed E-state index contributed by atoms with van der Waals surface area (Å²) in [4.78, 5) is 40.4. The summed E-state index contributed by atoms with van der Waals surface area (Å²) in [5.74, 6) is -0.706. The van der Waals surface area contributed by atoms with Gasteiger partial charge in [0.05, 0.1) is 19.3 Å². The molecule has 2 fully saturated rings. The van der Waals surface area contributed by atoms with E-state index in [0.29, 0.717) is 26.2 Å². The first kappa shape index (κ1) is 21.3. The molecule has 2 N–H and O–H groups in total. The van der Waals surface area contributed by atoms with Crippen LogP contribution >= 0.6 is 0 Å². The number of hydrogen-bond acceptors (Lipinski definition) is 5. The highest BCUT2D eigenvalue weighted by molar-refractivity contribution is 6.08. The van der Waals surface area contributed by atoms with Crippen molar-refractivity contribution in [1.82, 2.24) is 20.4 Å². The predicted octanol–water partition coefficient (Wildman–Crippen LogP) is 1.21. The first-order chi connectivity index (χ1) is 13.8. The lowest BCUT2D eigenvalue weighted by molar-refractivity contribution is -0.134. The zero-order valence-electron chi connectivity index (χ0n) is 17.4. The van der Waals surface area contributed by atoms with E-state index in [2.05, 4.69) is 39.8 Å². The van der Waals surface area contributed by atoms with Gasteiger partial charge in [-0.1, -0.05) is 36.8 Å².